The number of ether oxygens (including phenoxy) is 2. The van der Waals surface area contributed by atoms with E-state index in [1.165, 1.54) is 42.8 Å². The molecular weight excluding hydrogens is 468 g/mol. The van der Waals surface area contributed by atoms with Gasteiger partial charge in [-0.25, -0.2) is 4.98 Å². The number of Topliss-reactive ketones (excluding diaryl/α,β-unsaturated/α-hetero) is 1. The lowest BCUT2D eigenvalue weighted by Gasteiger charge is -2.26. The number of nitrogens with zero attached hydrogens (tertiary/aromatic N) is 2. The highest BCUT2D eigenvalue weighted by Gasteiger charge is 2.47. The Morgan fingerprint density at radius 3 is 2.69 bits per heavy atom. The van der Waals surface area contributed by atoms with E-state index in [9.17, 15) is 14.7 Å². The fraction of sp³-hybridized carbons (Fsp3) is 0.192. The van der Waals surface area contributed by atoms with Crippen LogP contribution in [0.1, 0.15) is 34.6 Å². The molecule has 0 unspecified atom stereocenters. The minimum atomic E-state index is -1.02. The number of fused-ring (bicyclic) bond motifs is 1. The fourth-order valence-corrected chi connectivity index (χ4v) is 5.33. The lowest BCUT2D eigenvalue weighted by atomic mass is 9.94. The summed E-state index contributed by atoms with van der Waals surface area (Å²) >= 11 is 1.31. The van der Waals surface area contributed by atoms with E-state index in [-0.39, 0.29) is 11.3 Å². The number of carbonyl (C=O) groups is 2. The summed E-state index contributed by atoms with van der Waals surface area (Å²) in [5, 5.41) is 11.3. The van der Waals surface area contributed by atoms with E-state index in [0.29, 0.717) is 22.2 Å². The normalized spacial score (nSPS) is 15.8. The van der Waals surface area contributed by atoms with Crippen LogP contribution in [0, 0.1) is 0 Å². The number of ketones is 1. The maximum absolute atomic E-state index is 13.5. The van der Waals surface area contributed by atoms with Gasteiger partial charge in [0.15, 0.2) is 28.1 Å². The van der Waals surface area contributed by atoms with Crippen molar-refractivity contribution >= 4 is 38.4 Å². The first-order valence-electron chi connectivity index (χ1n) is 10.9. The summed E-state index contributed by atoms with van der Waals surface area (Å²) in [7, 11) is 2.98. The van der Waals surface area contributed by atoms with Crippen molar-refractivity contribution in [2.24, 2.45) is 0 Å². The Morgan fingerprint density at radius 1 is 1.17 bits per heavy atom. The summed E-state index contributed by atoms with van der Waals surface area (Å²) in [6.45, 7) is 2.06. The summed E-state index contributed by atoms with van der Waals surface area (Å²) in [4.78, 5) is 32.9. The van der Waals surface area contributed by atoms with Gasteiger partial charge in [-0.1, -0.05) is 36.5 Å². The molecular formula is C26H22N2O6S. The van der Waals surface area contributed by atoms with E-state index in [4.69, 9.17) is 13.9 Å². The van der Waals surface area contributed by atoms with E-state index in [2.05, 4.69) is 11.9 Å². The number of aliphatic hydroxyl groups excluding tert-OH is 1. The molecule has 178 valence electrons. The number of hydrogen-bond donors (Lipinski definition) is 1. The third-order valence-corrected chi connectivity index (χ3v) is 7.00. The van der Waals surface area contributed by atoms with Gasteiger partial charge in [0.2, 0.25) is 5.78 Å². The van der Waals surface area contributed by atoms with Crippen LogP contribution in [0.4, 0.5) is 5.13 Å². The van der Waals surface area contributed by atoms with Crippen molar-refractivity contribution in [1.82, 2.24) is 4.98 Å². The predicted molar refractivity (Wildman–Crippen MR) is 131 cm³/mol. The number of hydrogen-bond acceptors (Lipinski definition) is 8. The Bertz CT molecular complexity index is 1470. The lowest BCUT2D eigenvalue weighted by Crippen LogP contribution is -2.31. The van der Waals surface area contributed by atoms with Gasteiger partial charge in [0.05, 0.1) is 36.3 Å². The number of amides is 1. The fourth-order valence-electron chi connectivity index (χ4n) is 4.28. The number of rotatable bonds is 7. The second-order valence-corrected chi connectivity index (χ2v) is 8.89. The van der Waals surface area contributed by atoms with Crippen LogP contribution in [-0.2, 0) is 11.2 Å². The van der Waals surface area contributed by atoms with Gasteiger partial charge in [0.25, 0.3) is 5.91 Å². The minimum Gasteiger partial charge on any atom is -0.503 e. The van der Waals surface area contributed by atoms with Crippen LogP contribution < -0.4 is 14.4 Å². The summed E-state index contributed by atoms with van der Waals surface area (Å²) in [6.07, 6.45) is 2.22. The van der Waals surface area contributed by atoms with Gasteiger partial charge in [-0.05, 0) is 42.3 Å². The molecule has 8 nitrogen and oxygen atoms in total. The van der Waals surface area contributed by atoms with Crippen molar-refractivity contribution in [1.29, 1.82) is 0 Å². The van der Waals surface area contributed by atoms with Crippen molar-refractivity contribution in [3.05, 3.63) is 83.0 Å². The molecule has 35 heavy (non-hydrogen) atoms. The summed E-state index contributed by atoms with van der Waals surface area (Å²) < 4.78 is 17.3. The van der Waals surface area contributed by atoms with Crippen LogP contribution in [0.15, 0.2) is 70.5 Å². The Hall–Kier alpha value is -4.11. The standard InChI is InChI=1S/C26H22N2O6S/c1-4-14-10-11-16-19(13-14)35-26(27-16)28-21(15-7-5-8-18(32-2)24(15)33-3)20(23(30)25(28)31)22(29)17-9-6-12-34-17/h5-13,21,30H,4H2,1-3H3/t21-/m0/s1. The largest absolute Gasteiger partial charge is 0.503 e. The van der Waals surface area contributed by atoms with Gasteiger partial charge in [-0.15, -0.1) is 0 Å². The van der Waals surface area contributed by atoms with Crippen molar-refractivity contribution in [2.75, 3.05) is 19.1 Å². The zero-order chi connectivity index (χ0) is 24.7. The molecule has 1 aliphatic rings. The third kappa shape index (κ3) is 3.64. The molecule has 4 aromatic rings. The maximum Gasteiger partial charge on any atom is 0.296 e. The first-order chi connectivity index (χ1) is 17.0. The number of carbonyl (C=O) groups excluding carboxylic acids is 2. The van der Waals surface area contributed by atoms with E-state index in [1.807, 2.05) is 18.2 Å². The Labute approximate surface area is 205 Å². The average Bonchev–Trinajstić information content (AvgIpc) is 3.61. The molecule has 2 aromatic heterocycles. The Morgan fingerprint density at radius 2 is 2.00 bits per heavy atom. The number of aliphatic hydroxyl groups is 1. The molecule has 1 aliphatic heterocycles. The summed E-state index contributed by atoms with van der Waals surface area (Å²) in [5.41, 5.74) is 2.20. The van der Waals surface area contributed by atoms with Crippen LogP contribution in [0.2, 0.25) is 0 Å². The second-order valence-electron chi connectivity index (χ2n) is 7.88. The van der Waals surface area contributed by atoms with Crippen LogP contribution in [0.3, 0.4) is 0 Å². The molecule has 0 radical (unpaired) electrons. The van der Waals surface area contributed by atoms with Crippen LogP contribution >= 0.6 is 11.3 Å². The molecule has 3 heterocycles. The second kappa shape index (κ2) is 8.92. The number of thiazole rings is 1. The smallest absolute Gasteiger partial charge is 0.296 e. The highest BCUT2D eigenvalue weighted by Crippen LogP contribution is 2.48. The number of aromatic nitrogens is 1. The minimum absolute atomic E-state index is 0.00458. The Kier molecular flexibility index (Phi) is 5.78. The molecule has 1 atom stereocenters. The van der Waals surface area contributed by atoms with Gasteiger partial charge in [-0.2, -0.15) is 0 Å². The molecule has 0 saturated heterocycles. The molecule has 0 saturated carbocycles. The zero-order valence-corrected chi connectivity index (χ0v) is 20.1. The SMILES string of the molecule is CCc1ccc2nc(N3C(=O)C(O)=C(C(=O)c4ccco4)[C@@H]3c3cccc(OC)c3OC)sc2c1. The van der Waals surface area contributed by atoms with Crippen LogP contribution in [0.25, 0.3) is 10.2 Å². The molecule has 1 amide bonds. The van der Waals surface area contributed by atoms with Crippen molar-refractivity contribution in [3.63, 3.8) is 0 Å². The molecule has 0 bridgehead atoms. The number of benzene rings is 2. The first-order valence-corrected chi connectivity index (χ1v) is 11.7. The van der Waals surface area contributed by atoms with Gasteiger partial charge in [-0.3, -0.25) is 14.5 Å². The summed E-state index contributed by atoms with van der Waals surface area (Å²) in [6, 6.07) is 13.1. The number of furan rings is 1. The predicted octanol–water partition coefficient (Wildman–Crippen LogP) is 5.25. The molecule has 1 N–H and O–H groups in total. The van der Waals surface area contributed by atoms with E-state index < -0.39 is 23.5 Å². The number of para-hydroxylation sites is 1. The molecule has 0 aliphatic carbocycles. The van der Waals surface area contributed by atoms with Crippen molar-refractivity contribution < 1.29 is 28.6 Å². The highest BCUT2D eigenvalue weighted by molar-refractivity contribution is 7.22. The number of aryl methyl sites for hydroxylation is 1. The van der Waals surface area contributed by atoms with Crippen LogP contribution in [-0.4, -0.2) is 36.0 Å². The van der Waals surface area contributed by atoms with Gasteiger partial charge >= 0.3 is 0 Å². The van der Waals surface area contributed by atoms with E-state index >= 15 is 0 Å². The molecule has 0 spiro atoms. The highest BCUT2D eigenvalue weighted by atomic mass is 32.1. The maximum atomic E-state index is 13.5. The third-order valence-electron chi connectivity index (χ3n) is 5.98. The number of methoxy groups -OCH3 is 2. The summed E-state index contributed by atoms with van der Waals surface area (Å²) in [5.74, 6) is -1.23. The van der Waals surface area contributed by atoms with Gasteiger partial charge < -0.3 is 19.0 Å². The average molecular weight is 491 g/mol. The molecule has 0 fully saturated rings. The topological polar surface area (TPSA) is 102 Å². The molecule has 9 heteroatoms. The van der Waals surface area contributed by atoms with Crippen molar-refractivity contribution in [2.45, 2.75) is 19.4 Å². The molecule has 5 rings (SSSR count). The van der Waals surface area contributed by atoms with E-state index in [1.54, 1.807) is 24.3 Å². The molecule has 2 aromatic carbocycles. The quantitative estimate of drug-likeness (QED) is 0.353. The Balaban J connectivity index is 1.73. The van der Waals surface area contributed by atoms with Gasteiger partial charge in [0.1, 0.15) is 6.04 Å². The zero-order valence-electron chi connectivity index (χ0n) is 19.3. The number of anilines is 1. The van der Waals surface area contributed by atoms with Gasteiger partial charge in [0, 0.05) is 5.56 Å². The monoisotopic (exact) mass is 490 g/mol. The van der Waals surface area contributed by atoms with E-state index in [0.717, 1.165) is 22.2 Å². The van der Waals surface area contributed by atoms with Crippen molar-refractivity contribution in [3.8, 4) is 11.5 Å². The lowest BCUT2D eigenvalue weighted by molar-refractivity contribution is -0.117. The van der Waals surface area contributed by atoms with Crippen LogP contribution in [0.5, 0.6) is 11.5 Å². The first kappa shape index (κ1) is 22.7.